The predicted octanol–water partition coefficient (Wildman–Crippen LogP) is 0.120. The molecule has 2 aromatic heterocycles. The zero-order valence-electron chi connectivity index (χ0n) is 14.0. The number of aliphatic hydroxyl groups is 2. The number of rotatable bonds is 5. The van der Waals surface area contributed by atoms with Gasteiger partial charge in [0.2, 0.25) is 0 Å². The highest BCUT2D eigenvalue weighted by molar-refractivity contribution is 5.82. The molecule has 10 heteroatoms. The molecule has 4 rings (SSSR count). The van der Waals surface area contributed by atoms with E-state index in [2.05, 4.69) is 15.0 Å². The van der Waals surface area contributed by atoms with Gasteiger partial charge in [0, 0.05) is 0 Å². The van der Waals surface area contributed by atoms with Gasteiger partial charge in [-0.15, -0.1) is 0 Å². The average molecular weight is 360 g/mol. The van der Waals surface area contributed by atoms with Gasteiger partial charge in [0.15, 0.2) is 23.2 Å². The molecule has 1 aliphatic heterocycles. The maximum absolute atomic E-state index is 10.3. The number of anilines is 1. The normalized spacial score (nSPS) is 28.8. The first kappa shape index (κ1) is 17.0. The number of hydrogen-bond acceptors (Lipinski definition) is 9. The van der Waals surface area contributed by atoms with Gasteiger partial charge < -0.3 is 25.4 Å². The number of nitrogen functional groups attached to an aromatic ring is 1. The lowest BCUT2D eigenvalue weighted by Gasteiger charge is -2.24. The van der Waals surface area contributed by atoms with Crippen molar-refractivity contribution in [3.63, 3.8) is 0 Å². The lowest BCUT2D eigenvalue weighted by molar-refractivity contribution is -0.0334. The van der Waals surface area contributed by atoms with Crippen molar-refractivity contribution in [2.24, 2.45) is 5.92 Å². The van der Waals surface area contributed by atoms with Crippen LogP contribution in [-0.4, -0.2) is 54.7 Å². The van der Waals surface area contributed by atoms with Crippen LogP contribution in [0, 0.1) is 17.2 Å². The van der Waals surface area contributed by atoms with Crippen molar-refractivity contribution >= 4 is 17.0 Å². The third-order valence-electron chi connectivity index (χ3n) is 5.00. The molecule has 0 bridgehead atoms. The van der Waals surface area contributed by atoms with Crippen LogP contribution >= 0.6 is 0 Å². The Morgan fingerprint density at radius 1 is 1.35 bits per heavy atom. The minimum Gasteiger partial charge on any atom is -0.463 e. The van der Waals surface area contributed by atoms with Gasteiger partial charge in [-0.2, -0.15) is 15.2 Å². The molecule has 4 N–H and O–H groups in total. The summed E-state index contributed by atoms with van der Waals surface area (Å²) in [7, 11) is 0. The minimum absolute atomic E-state index is 0.0335. The van der Waals surface area contributed by atoms with E-state index in [-0.39, 0.29) is 18.2 Å². The monoisotopic (exact) mass is 360 g/mol. The second-order valence-electron chi connectivity index (χ2n) is 6.73. The molecular formula is C16H20N6O4. The van der Waals surface area contributed by atoms with Gasteiger partial charge in [0.25, 0.3) is 0 Å². The maximum Gasteiger partial charge on any atom is 0.320 e. The van der Waals surface area contributed by atoms with E-state index in [4.69, 9.17) is 20.5 Å². The Kier molecular flexibility index (Phi) is 4.36. The SMILES string of the molecule is N#CC[C@H]1O[C@@H](n2cnc3c(N)nc(OCC4CCC4)nc32)[C@H](O)[C@H]1O. The van der Waals surface area contributed by atoms with Crippen molar-refractivity contribution in [3.8, 4) is 12.1 Å². The third kappa shape index (κ3) is 2.84. The van der Waals surface area contributed by atoms with Gasteiger partial charge in [-0.3, -0.25) is 4.57 Å². The fourth-order valence-corrected chi connectivity index (χ4v) is 3.24. The minimum atomic E-state index is -1.22. The van der Waals surface area contributed by atoms with Crippen LogP contribution < -0.4 is 10.5 Å². The summed E-state index contributed by atoms with van der Waals surface area (Å²) < 4.78 is 12.8. The van der Waals surface area contributed by atoms with Gasteiger partial charge in [0.1, 0.15) is 18.3 Å². The summed E-state index contributed by atoms with van der Waals surface area (Å²) in [6.07, 6.45) is 0.757. The lowest BCUT2D eigenvalue weighted by atomic mass is 9.86. The molecule has 138 valence electrons. The second-order valence-corrected chi connectivity index (χ2v) is 6.73. The summed E-state index contributed by atoms with van der Waals surface area (Å²) in [5.41, 5.74) is 6.66. The molecule has 0 radical (unpaired) electrons. The van der Waals surface area contributed by atoms with Crippen LogP contribution in [0.2, 0.25) is 0 Å². The molecule has 0 aromatic carbocycles. The Morgan fingerprint density at radius 3 is 2.85 bits per heavy atom. The number of nitrogens with two attached hydrogens (primary N) is 1. The molecule has 1 aliphatic carbocycles. The average Bonchev–Trinajstić information content (AvgIpc) is 3.11. The Balaban J connectivity index is 1.63. The molecular weight excluding hydrogens is 340 g/mol. The van der Waals surface area contributed by atoms with E-state index in [0.717, 1.165) is 12.8 Å². The Hall–Kier alpha value is -2.48. The van der Waals surface area contributed by atoms with Crippen LogP contribution in [0.5, 0.6) is 6.01 Å². The number of aliphatic hydroxyl groups excluding tert-OH is 2. The van der Waals surface area contributed by atoms with Crippen LogP contribution in [0.1, 0.15) is 31.9 Å². The standard InChI is InChI=1S/C16H20N6O4/c17-5-4-9-11(23)12(24)15(26-9)22-7-19-10-13(18)20-16(21-14(10)22)25-6-8-2-1-3-8/h7-9,11-12,15,23-24H,1-4,6H2,(H2,18,20,21)/t9-,11+,12-,15-/m1/s1. The smallest absolute Gasteiger partial charge is 0.320 e. The summed E-state index contributed by atoms with van der Waals surface area (Å²) in [4.78, 5) is 12.7. The van der Waals surface area contributed by atoms with Gasteiger partial charge >= 0.3 is 6.01 Å². The number of hydrogen-bond donors (Lipinski definition) is 3. The third-order valence-corrected chi connectivity index (χ3v) is 5.00. The zero-order chi connectivity index (χ0) is 18.3. The molecule has 10 nitrogen and oxygen atoms in total. The van der Waals surface area contributed by atoms with Crippen molar-refractivity contribution in [2.75, 3.05) is 12.3 Å². The van der Waals surface area contributed by atoms with Crippen LogP contribution in [0.15, 0.2) is 6.33 Å². The largest absolute Gasteiger partial charge is 0.463 e. The second kappa shape index (κ2) is 6.68. The van der Waals surface area contributed by atoms with Crippen molar-refractivity contribution in [2.45, 2.75) is 50.2 Å². The fraction of sp³-hybridized carbons (Fsp3) is 0.625. The van der Waals surface area contributed by atoms with E-state index >= 15 is 0 Å². The van der Waals surface area contributed by atoms with Gasteiger partial charge in [-0.1, -0.05) is 6.42 Å². The summed E-state index contributed by atoms with van der Waals surface area (Å²) in [6.45, 7) is 0.532. The molecule has 2 fully saturated rings. The molecule has 0 spiro atoms. The first-order valence-electron chi connectivity index (χ1n) is 8.60. The molecule has 2 aromatic rings. The summed E-state index contributed by atoms with van der Waals surface area (Å²) in [6, 6.07) is 2.08. The molecule has 1 saturated carbocycles. The van der Waals surface area contributed by atoms with Crippen LogP contribution in [0.25, 0.3) is 11.2 Å². The Labute approximate surface area is 149 Å². The fourth-order valence-electron chi connectivity index (χ4n) is 3.24. The molecule has 2 aliphatic rings. The molecule has 0 unspecified atom stereocenters. The molecule has 26 heavy (non-hydrogen) atoms. The van der Waals surface area contributed by atoms with E-state index in [1.165, 1.54) is 17.3 Å². The van der Waals surface area contributed by atoms with E-state index < -0.39 is 24.5 Å². The van der Waals surface area contributed by atoms with Gasteiger partial charge in [-0.05, 0) is 18.8 Å². The van der Waals surface area contributed by atoms with Crippen LogP contribution in [0.4, 0.5) is 5.82 Å². The van der Waals surface area contributed by atoms with Crippen molar-refractivity contribution in [1.29, 1.82) is 5.26 Å². The predicted molar refractivity (Wildman–Crippen MR) is 88.7 cm³/mol. The number of aromatic nitrogens is 4. The molecule has 3 heterocycles. The first-order chi connectivity index (χ1) is 12.6. The van der Waals surface area contributed by atoms with E-state index in [1.807, 2.05) is 6.07 Å². The highest BCUT2D eigenvalue weighted by atomic mass is 16.6. The number of imidazole rings is 1. The van der Waals surface area contributed by atoms with E-state index in [9.17, 15) is 10.2 Å². The first-order valence-corrected chi connectivity index (χ1v) is 8.60. The number of fused-ring (bicyclic) bond motifs is 1. The Bertz CT molecular complexity index is 845. The topological polar surface area (TPSA) is 152 Å². The van der Waals surface area contributed by atoms with E-state index in [1.54, 1.807) is 0 Å². The Morgan fingerprint density at radius 2 is 2.15 bits per heavy atom. The summed E-state index contributed by atoms with van der Waals surface area (Å²) >= 11 is 0. The number of nitrogens with zero attached hydrogens (tertiary/aromatic N) is 5. The zero-order valence-corrected chi connectivity index (χ0v) is 14.0. The van der Waals surface area contributed by atoms with Gasteiger partial charge in [-0.25, -0.2) is 4.98 Å². The van der Waals surface area contributed by atoms with Crippen molar-refractivity contribution in [3.05, 3.63) is 6.33 Å². The van der Waals surface area contributed by atoms with Crippen molar-refractivity contribution in [1.82, 2.24) is 19.5 Å². The maximum atomic E-state index is 10.3. The van der Waals surface area contributed by atoms with Crippen LogP contribution in [0.3, 0.4) is 0 Å². The number of nitriles is 1. The lowest BCUT2D eigenvalue weighted by Crippen LogP contribution is -2.31. The highest BCUT2D eigenvalue weighted by Gasteiger charge is 2.44. The summed E-state index contributed by atoms with van der Waals surface area (Å²) in [5, 5.41) is 29.2. The van der Waals surface area contributed by atoms with Crippen molar-refractivity contribution < 1.29 is 19.7 Å². The quantitative estimate of drug-likeness (QED) is 0.674. The molecule has 4 atom stereocenters. The van der Waals surface area contributed by atoms with Gasteiger partial charge in [0.05, 0.1) is 25.4 Å². The molecule has 1 saturated heterocycles. The highest BCUT2D eigenvalue weighted by Crippen LogP contribution is 2.34. The van der Waals surface area contributed by atoms with Crippen LogP contribution in [-0.2, 0) is 4.74 Å². The summed E-state index contributed by atoms with van der Waals surface area (Å²) in [5.74, 6) is 0.682. The molecule has 0 amide bonds. The number of ether oxygens (including phenoxy) is 2. The van der Waals surface area contributed by atoms with E-state index in [0.29, 0.717) is 23.7 Å².